The fourth-order valence-corrected chi connectivity index (χ4v) is 1.76. The van der Waals surface area contributed by atoms with Gasteiger partial charge in [0.1, 0.15) is 17.9 Å². The van der Waals surface area contributed by atoms with Gasteiger partial charge in [0, 0.05) is 6.07 Å². The molecule has 108 valence electrons. The van der Waals surface area contributed by atoms with Crippen LogP contribution in [-0.4, -0.2) is 16.0 Å². The summed E-state index contributed by atoms with van der Waals surface area (Å²) in [6.45, 7) is 0.00947. The van der Waals surface area contributed by atoms with Crippen LogP contribution in [0.4, 0.5) is 11.4 Å². The average Bonchev–Trinajstić information content (AvgIpc) is 2.45. The number of phenolic OH excluding ortho intramolecular Hbond substituents is 1. The molecule has 2 aromatic rings. The minimum Gasteiger partial charge on any atom is -0.507 e. The van der Waals surface area contributed by atoms with Gasteiger partial charge in [0.05, 0.1) is 16.7 Å². The number of nitrogens with zero attached hydrogens (tertiary/aromatic N) is 1. The van der Waals surface area contributed by atoms with Crippen molar-refractivity contribution in [3.63, 3.8) is 0 Å². The maximum atomic E-state index is 11.9. The van der Waals surface area contributed by atoms with Crippen LogP contribution >= 0.6 is 0 Å². The molecule has 0 aliphatic carbocycles. The third-order valence-electron chi connectivity index (χ3n) is 2.76. The van der Waals surface area contributed by atoms with Gasteiger partial charge in [-0.05, 0) is 5.56 Å². The van der Waals surface area contributed by atoms with Crippen LogP contribution in [0.2, 0.25) is 0 Å². The second-order valence-electron chi connectivity index (χ2n) is 4.25. The number of carbonyl (C=O) groups is 1. The Hall–Kier alpha value is -3.09. The van der Waals surface area contributed by atoms with Gasteiger partial charge in [-0.3, -0.25) is 10.1 Å². The number of rotatable bonds is 4. The van der Waals surface area contributed by atoms with Crippen molar-refractivity contribution in [1.82, 2.24) is 0 Å². The number of nitro benzene ring substituents is 1. The van der Waals surface area contributed by atoms with Crippen LogP contribution in [0.15, 0.2) is 42.5 Å². The van der Waals surface area contributed by atoms with Crippen LogP contribution in [0.5, 0.6) is 5.75 Å². The predicted octanol–water partition coefficient (Wildman–Crippen LogP) is 2.24. The highest BCUT2D eigenvalue weighted by Crippen LogP contribution is 2.30. The number of esters is 1. The van der Waals surface area contributed by atoms with Gasteiger partial charge >= 0.3 is 5.97 Å². The standard InChI is InChI=1S/C14H12N2O5/c15-11-6-10(16(19)20)7-12(17)13(11)14(18)21-8-9-4-2-1-3-5-9/h1-7,17H,8,15H2. The zero-order valence-corrected chi connectivity index (χ0v) is 10.9. The molecule has 0 aliphatic heterocycles. The molecule has 0 spiro atoms. The van der Waals surface area contributed by atoms with E-state index in [1.165, 1.54) is 0 Å². The number of hydrogen-bond donors (Lipinski definition) is 2. The number of aromatic hydroxyl groups is 1. The minimum atomic E-state index is -0.844. The van der Waals surface area contributed by atoms with Gasteiger partial charge in [0.2, 0.25) is 0 Å². The maximum absolute atomic E-state index is 11.9. The summed E-state index contributed by atoms with van der Waals surface area (Å²) in [7, 11) is 0. The van der Waals surface area contributed by atoms with Gasteiger partial charge in [-0.2, -0.15) is 0 Å². The molecule has 0 aromatic heterocycles. The summed E-state index contributed by atoms with van der Waals surface area (Å²) in [5, 5.41) is 20.3. The number of nitrogen functional groups attached to an aromatic ring is 1. The van der Waals surface area contributed by atoms with E-state index in [2.05, 4.69) is 0 Å². The van der Waals surface area contributed by atoms with Crippen LogP contribution in [0, 0.1) is 10.1 Å². The summed E-state index contributed by atoms with van der Waals surface area (Å²) in [5.74, 6) is -1.43. The van der Waals surface area contributed by atoms with Gasteiger partial charge < -0.3 is 15.6 Å². The quantitative estimate of drug-likeness (QED) is 0.386. The molecule has 7 nitrogen and oxygen atoms in total. The Bertz CT molecular complexity index is 662. The lowest BCUT2D eigenvalue weighted by atomic mass is 10.1. The number of nitrogens with two attached hydrogens (primary N) is 1. The van der Waals surface area contributed by atoms with Gasteiger partial charge in [-0.1, -0.05) is 30.3 Å². The first-order valence-corrected chi connectivity index (χ1v) is 5.97. The van der Waals surface area contributed by atoms with Crippen molar-refractivity contribution in [3.05, 3.63) is 63.7 Å². The van der Waals surface area contributed by atoms with Crippen molar-refractivity contribution >= 4 is 17.3 Å². The fourth-order valence-electron chi connectivity index (χ4n) is 1.76. The summed E-state index contributed by atoms with van der Waals surface area (Å²) in [4.78, 5) is 21.8. The molecular weight excluding hydrogens is 276 g/mol. The van der Waals surface area contributed by atoms with E-state index in [1.54, 1.807) is 24.3 Å². The number of hydrogen-bond acceptors (Lipinski definition) is 6. The van der Waals surface area contributed by atoms with Crippen molar-refractivity contribution < 1.29 is 19.6 Å². The molecule has 0 atom stereocenters. The van der Waals surface area contributed by atoms with Crippen molar-refractivity contribution in [2.24, 2.45) is 0 Å². The van der Waals surface area contributed by atoms with Crippen LogP contribution in [0.25, 0.3) is 0 Å². The zero-order chi connectivity index (χ0) is 15.4. The molecule has 0 saturated carbocycles. The number of anilines is 1. The number of phenols is 1. The highest BCUT2D eigenvalue weighted by atomic mass is 16.6. The normalized spacial score (nSPS) is 10.1. The summed E-state index contributed by atoms with van der Waals surface area (Å²) >= 11 is 0. The Morgan fingerprint density at radius 3 is 2.52 bits per heavy atom. The molecule has 0 radical (unpaired) electrons. The van der Waals surface area contributed by atoms with Crippen LogP contribution in [0.1, 0.15) is 15.9 Å². The summed E-state index contributed by atoms with van der Waals surface area (Å²) in [5.41, 5.74) is 5.45. The Labute approximate surface area is 119 Å². The Morgan fingerprint density at radius 1 is 1.29 bits per heavy atom. The first kappa shape index (κ1) is 14.3. The molecule has 7 heteroatoms. The van der Waals surface area contributed by atoms with Crippen molar-refractivity contribution in [2.45, 2.75) is 6.61 Å². The Balaban J connectivity index is 2.18. The van der Waals surface area contributed by atoms with E-state index in [-0.39, 0.29) is 17.9 Å². The van der Waals surface area contributed by atoms with Crippen molar-refractivity contribution in [1.29, 1.82) is 0 Å². The van der Waals surface area contributed by atoms with E-state index in [0.29, 0.717) is 0 Å². The number of ether oxygens (including phenoxy) is 1. The van der Waals surface area contributed by atoms with E-state index < -0.39 is 22.3 Å². The van der Waals surface area contributed by atoms with Crippen LogP contribution in [-0.2, 0) is 11.3 Å². The Morgan fingerprint density at radius 2 is 1.95 bits per heavy atom. The third kappa shape index (κ3) is 3.27. The lowest BCUT2D eigenvalue weighted by molar-refractivity contribution is -0.384. The second-order valence-corrected chi connectivity index (χ2v) is 4.25. The molecule has 0 fully saturated rings. The lowest BCUT2D eigenvalue weighted by Gasteiger charge is -2.08. The molecule has 3 N–H and O–H groups in total. The van der Waals surface area contributed by atoms with Crippen molar-refractivity contribution in [3.8, 4) is 5.75 Å². The second kappa shape index (κ2) is 5.91. The SMILES string of the molecule is Nc1cc([N+](=O)[O-])cc(O)c1C(=O)OCc1ccccc1. The molecule has 2 aromatic carbocycles. The van der Waals surface area contributed by atoms with Crippen molar-refractivity contribution in [2.75, 3.05) is 5.73 Å². The average molecular weight is 288 g/mol. The highest BCUT2D eigenvalue weighted by molar-refractivity contribution is 5.98. The molecule has 0 unspecified atom stereocenters. The molecule has 21 heavy (non-hydrogen) atoms. The summed E-state index contributed by atoms with van der Waals surface area (Å²) < 4.78 is 5.03. The first-order chi connectivity index (χ1) is 9.99. The van der Waals surface area contributed by atoms with Crippen LogP contribution in [0.3, 0.4) is 0 Å². The minimum absolute atomic E-state index is 0.00947. The van der Waals surface area contributed by atoms with Gasteiger partial charge in [-0.25, -0.2) is 4.79 Å². The number of carbonyl (C=O) groups excluding carboxylic acids is 1. The van der Waals surface area contributed by atoms with E-state index >= 15 is 0 Å². The molecule has 0 heterocycles. The molecule has 0 saturated heterocycles. The van der Waals surface area contributed by atoms with E-state index in [0.717, 1.165) is 17.7 Å². The van der Waals surface area contributed by atoms with Gasteiger partial charge in [0.25, 0.3) is 5.69 Å². The maximum Gasteiger partial charge on any atom is 0.344 e. The number of non-ortho nitro benzene ring substituents is 1. The van der Waals surface area contributed by atoms with Gasteiger partial charge in [0.15, 0.2) is 0 Å². The molecule has 0 aliphatic rings. The summed E-state index contributed by atoms with van der Waals surface area (Å²) in [6, 6.07) is 10.8. The van der Waals surface area contributed by atoms with E-state index in [1.807, 2.05) is 6.07 Å². The Kier molecular flexibility index (Phi) is 4.03. The topological polar surface area (TPSA) is 116 Å². The highest BCUT2D eigenvalue weighted by Gasteiger charge is 2.21. The monoisotopic (exact) mass is 288 g/mol. The number of nitro groups is 1. The largest absolute Gasteiger partial charge is 0.507 e. The smallest absolute Gasteiger partial charge is 0.344 e. The van der Waals surface area contributed by atoms with Gasteiger partial charge in [-0.15, -0.1) is 0 Å². The summed E-state index contributed by atoms with van der Waals surface area (Å²) in [6.07, 6.45) is 0. The molecule has 0 amide bonds. The third-order valence-corrected chi connectivity index (χ3v) is 2.76. The molecule has 0 bridgehead atoms. The molecular formula is C14H12N2O5. The van der Waals surface area contributed by atoms with E-state index in [9.17, 15) is 20.0 Å². The zero-order valence-electron chi connectivity index (χ0n) is 10.9. The fraction of sp³-hybridized carbons (Fsp3) is 0.0714. The number of benzene rings is 2. The predicted molar refractivity (Wildman–Crippen MR) is 74.7 cm³/mol. The molecule has 2 rings (SSSR count). The first-order valence-electron chi connectivity index (χ1n) is 5.97. The lowest BCUT2D eigenvalue weighted by Crippen LogP contribution is -2.09. The van der Waals surface area contributed by atoms with Crippen LogP contribution < -0.4 is 5.73 Å². The van der Waals surface area contributed by atoms with E-state index in [4.69, 9.17) is 10.5 Å².